The Hall–Kier alpha value is -0.890. The van der Waals surface area contributed by atoms with E-state index in [4.69, 9.17) is 0 Å². The second-order valence-corrected chi connectivity index (χ2v) is 9.30. The third kappa shape index (κ3) is 2.29. The van der Waals surface area contributed by atoms with Crippen molar-refractivity contribution in [2.24, 2.45) is 34.5 Å². The van der Waals surface area contributed by atoms with Gasteiger partial charge in [-0.05, 0) is 67.1 Å². The Bertz CT molecular complexity index is 649. The van der Waals surface area contributed by atoms with Gasteiger partial charge in [-0.1, -0.05) is 31.4 Å². The van der Waals surface area contributed by atoms with E-state index < -0.39 is 24.2 Å². The molecule has 138 valence electrons. The summed E-state index contributed by atoms with van der Waals surface area (Å²) in [5.41, 5.74) is 0.866. The number of aliphatic hydroxyl groups is 3. The average Bonchev–Trinajstić information content (AvgIpc) is 2.82. The Kier molecular flexibility index (Phi) is 4.07. The van der Waals surface area contributed by atoms with Crippen molar-refractivity contribution < 1.29 is 19.7 Å². The van der Waals surface area contributed by atoms with Gasteiger partial charge in [0.15, 0.2) is 0 Å². The Morgan fingerprint density at radius 3 is 2.56 bits per heavy atom. The second-order valence-electron chi connectivity index (χ2n) is 9.30. The predicted octanol–water partition coefficient (Wildman–Crippen LogP) is 2.80. The molecule has 4 heteroatoms. The minimum atomic E-state index is -0.630. The molecular formula is C21H29FO3. The van der Waals surface area contributed by atoms with Gasteiger partial charge in [0.05, 0.1) is 24.2 Å². The summed E-state index contributed by atoms with van der Waals surface area (Å²) >= 11 is 0. The van der Waals surface area contributed by atoms with Crippen molar-refractivity contribution in [2.75, 3.05) is 0 Å². The molecule has 0 aliphatic heterocycles. The molecule has 4 unspecified atom stereocenters. The van der Waals surface area contributed by atoms with E-state index in [1.165, 1.54) is 6.17 Å². The third-order valence-electron chi connectivity index (χ3n) is 8.39. The molecule has 0 aromatic rings. The van der Waals surface area contributed by atoms with Crippen LogP contribution in [0, 0.1) is 46.6 Å². The van der Waals surface area contributed by atoms with Crippen molar-refractivity contribution in [1.29, 1.82) is 0 Å². The summed E-state index contributed by atoms with van der Waals surface area (Å²) in [5, 5.41) is 31.1. The van der Waals surface area contributed by atoms with E-state index in [-0.39, 0.29) is 10.8 Å². The molecule has 0 bridgehead atoms. The van der Waals surface area contributed by atoms with Crippen LogP contribution in [0.1, 0.15) is 52.4 Å². The highest BCUT2D eigenvalue weighted by atomic mass is 19.1. The van der Waals surface area contributed by atoms with Crippen molar-refractivity contribution in [2.45, 2.75) is 70.7 Å². The molecule has 0 spiro atoms. The van der Waals surface area contributed by atoms with Crippen LogP contribution >= 0.6 is 0 Å². The molecule has 3 N–H and O–H groups in total. The fourth-order valence-electron chi connectivity index (χ4n) is 6.97. The second kappa shape index (κ2) is 5.81. The first-order valence-corrected chi connectivity index (χ1v) is 9.69. The summed E-state index contributed by atoms with van der Waals surface area (Å²) in [6, 6.07) is 0. The number of allylic oxidation sites excluding steroid dienone is 1. The van der Waals surface area contributed by atoms with Crippen LogP contribution in [0.2, 0.25) is 0 Å². The molecule has 0 aromatic heterocycles. The number of hydrogen-bond donors (Lipinski definition) is 3. The van der Waals surface area contributed by atoms with E-state index in [9.17, 15) is 19.7 Å². The minimum absolute atomic E-state index is 0.0590. The van der Waals surface area contributed by atoms with E-state index in [1.54, 1.807) is 0 Å². The predicted molar refractivity (Wildman–Crippen MR) is 92.9 cm³/mol. The van der Waals surface area contributed by atoms with Crippen LogP contribution < -0.4 is 0 Å². The first-order chi connectivity index (χ1) is 11.8. The van der Waals surface area contributed by atoms with Gasteiger partial charge in [-0.15, -0.1) is 4.39 Å². The minimum Gasteiger partial charge on any atom is -0.391 e. The third-order valence-corrected chi connectivity index (χ3v) is 8.39. The molecule has 3 saturated carbocycles. The molecule has 4 aliphatic rings. The summed E-state index contributed by atoms with van der Waals surface area (Å²) in [5.74, 6) is 3.44. The quantitative estimate of drug-likeness (QED) is 0.466. The van der Waals surface area contributed by atoms with Crippen LogP contribution in [0.25, 0.3) is 0 Å². The van der Waals surface area contributed by atoms with Crippen LogP contribution in [0.5, 0.6) is 0 Å². The van der Waals surface area contributed by atoms with Crippen molar-refractivity contribution in [3.8, 4) is 12.1 Å². The normalized spacial score (nSPS) is 54.5. The van der Waals surface area contributed by atoms with E-state index >= 15 is 0 Å². The van der Waals surface area contributed by atoms with E-state index in [2.05, 4.69) is 25.8 Å². The zero-order valence-corrected chi connectivity index (χ0v) is 15.1. The molecule has 3 fully saturated rings. The number of hydrogen-bond acceptors (Lipinski definition) is 3. The Balaban J connectivity index is 1.71. The summed E-state index contributed by atoms with van der Waals surface area (Å²) in [4.78, 5) is 0. The maximum absolute atomic E-state index is 12.7. The largest absolute Gasteiger partial charge is 0.391 e. The van der Waals surface area contributed by atoms with Gasteiger partial charge in [-0.3, -0.25) is 0 Å². The fraction of sp³-hybridized carbons (Fsp3) is 0.810. The summed E-state index contributed by atoms with van der Waals surface area (Å²) in [7, 11) is 0. The lowest BCUT2D eigenvalue weighted by Crippen LogP contribution is -2.52. The van der Waals surface area contributed by atoms with E-state index in [1.807, 2.05) is 0 Å². The van der Waals surface area contributed by atoms with E-state index in [0.29, 0.717) is 30.6 Å². The number of fused-ring (bicyclic) bond motifs is 5. The van der Waals surface area contributed by atoms with Crippen molar-refractivity contribution in [1.82, 2.24) is 0 Å². The van der Waals surface area contributed by atoms with Crippen molar-refractivity contribution >= 4 is 0 Å². The zero-order valence-electron chi connectivity index (χ0n) is 15.1. The van der Waals surface area contributed by atoms with Crippen LogP contribution in [0.4, 0.5) is 4.39 Å². The van der Waals surface area contributed by atoms with Gasteiger partial charge in [-0.25, -0.2) is 0 Å². The molecule has 0 saturated heterocycles. The molecule has 3 nitrogen and oxygen atoms in total. The van der Waals surface area contributed by atoms with Gasteiger partial charge in [0.2, 0.25) is 0 Å². The molecular weight excluding hydrogens is 319 g/mol. The zero-order chi connectivity index (χ0) is 18.0. The summed E-state index contributed by atoms with van der Waals surface area (Å²) in [6.07, 6.45) is 6.94. The van der Waals surface area contributed by atoms with Gasteiger partial charge in [-0.2, -0.15) is 0 Å². The first-order valence-electron chi connectivity index (χ1n) is 9.69. The van der Waals surface area contributed by atoms with Gasteiger partial charge in [0.1, 0.15) is 6.17 Å². The molecule has 0 heterocycles. The van der Waals surface area contributed by atoms with Crippen molar-refractivity contribution in [3.63, 3.8) is 0 Å². The lowest BCUT2D eigenvalue weighted by molar-refractivity contribution is -0.0840. The lowest BCUT2D eigenvalue weighted by Gasteiger charge is -2.58. The Morgan fingerprint density at radius 2 is 1.84 bits per heavy atom. The monoisotopic (exact) mass is 348 g/mol. The fourth-order valence-corrected chi connectivity index (χ4v) is 6.97. The van der Waals surface area contributed by atoms with Crippen molar-refractivity contribution in [3.05, 3.63) is 11.6 Å². The highest BCUT2D eigenvalue weighted by molar-refractivity contribution is 5.33. The topological polar surface area (TPSA) is 60.7 Å². The lowest BCUT2D eigenvalue weighted by atomic mass is 9.47. The van der Waals surface area contributed by atoms with Gasteiger partial charge in [0, 0.05) is 0 Å². The molecule has 0 aromatic carbocycles. The van der Waals surface area contributed by atoms with Crippen LogP contribution in [0.15, 0.2) is 11.6 Å². The van der Waals surface area contributed by atoms with Gasteiger partial charge < -0.3 is 15.3 Å². The Morgan fingerprint density at radius 1 is 1.08 bits per heavy atom. The highest BCUT2D eigenvalue weighted by Crippen LogP contribution is 2.65. The van der Waals surface area contributed by atoms with Gasteiger partial charge in [0.25, 0.3) is 0 Å². The van der Waals surface area contributed by atoms with E-state index in [0.717, 1.165) is 31.3 Å². The standard InChI is InChI=1S/C21H29FO3/c1-20-9-6-17(23)13(7-10-22)14(20)4-3-12-15(20)5-8-21(2)16(12)11-18(24)19(21)25/h4,12-13,15-19,23-25H,3,5-6,8-9,11H2,1-2H3/t12-,13?,15-,16+,17?,18?,19?,20+,21+/m1/s1. The number of halogens is 1. The number of aliphatic hydroxyl groups excluding tert-OH is 3. The Labute approximate surface area is 149 Å². The van der Waals surface area contributed by atoms with Gasteiger partial charge >= 0.3 is 0 Å². The summed E-state index contributed by atoms with van der Waals surface area (Å²) < 4.78 is 12.7. The highest BCUT2D eigenvalue weighted by Gasteiger charge is 2.61. The molecule has 9 atom stereocenters. The average molecular weight is 348 g/mol. The van der Waals surface area contributed by atoms with Crippen LogP contribution in [-0.4, -0.2) is 33.6 Å². The molecule has 4 aliphatic carbocycles. The first kappa shape index (κ1) is 17.5. The smallest absolute Gasteiger partial charge is 0.106 e. The molecule has 25 heavy (non-hydrogen) atoms. The summed E-state index contributed by atoms with van der Waals surface area (Å²) in [6.45, 7) is 4.40. The number of rotatable bonds is 0. The van der Waals surface area contributed by atoms with Crippen LogP contribution in [0.3, 0.4) is 0 Å². The van der Waals surface area contributed by atoms with Crippen LogP contribution in [-0.2, 0) is 0 Å². The molecule has 0 amide bonds. The maximum Gasteiger partial charge on any atom is 0.106 e. The SMILES string of the molecule is C[C@]12CCC(O)C(C#CF)C1=CC[C@@H]1[C@H]2CC[C@]2(C)C(O)C(O)C[C@@H]12. The molecule has 0 radical (unpaired) electrons. The maximum atomic E-state index is 12.7. The molecule has 4 rings (SSSR count).